The highest BCUT2D eigenvalue weighted by molar-refractivity contribution is 7.91. The first-order chi connectivity index (χ1) is 11.9. The lowest BCUT2D eigenvalue weighted by molar-refractivity contribution is 0.120. The number of sulfone groups is 1. The zero-order valence-corrected chi connectivity index (χ0v) is 15.2. The third-order valence-electron chi connectivity index (χ3n) is 4.18. The van der Waals surface area contributed by atoms with Crippen LogP contribution in [0.3, 0.4) is 0 Å². The van der Waals surface area contributed by atoms with Crippen molar-refractivity contribution >= 4 is 15.8 Å². The van der Waals surface area contributed by atoms with Crippen molar-refractivity contribution in [1.82, 2.24) is 10.6 Å². The van der Waals surface area contributed by atoms with Gasteiger partial charge in [-0.15, -0.1) is 0 Å². The van der Waals surface area contributed by atoms with Gasteiger partial charge in [0.25, 0.3) is 0 Å². The Bertz CT molecular complexity index is 686. The molecule has 0 radical (unpaired) electrons. The Kier molecular flexibility index (Phi) is 7.19. The first kappa shape index (κ1) is 19.7. The van der Waals surface area contributed by atoms with E-state index in [4.69, 9.17) is 0 Å². The largest absolute Gasteiger partial charge is 0.393 e. The van der Waals surface area contributed by atoms with Crippen LogP contribution < -0.4 is 10.6 Å². The van der Waals surface area contributed by atoms with Gasteiger partial charge in [0.05, 0.1) is 18.4 Å². The van der Waals surface area contributed by atoms with Gasteiger partial charge in [-0.3, -0.25) is 4.99 Å². The number of hydrogen-bond acceptors (Lipinski definition) is 4. The van der Waals surface area contributed by atoms with Crippen LogP contribution in [-0.2, 0) is 9.84 Å². The summed E-state index contributed by atoms with van der Waals surface area (Å²) in [7, 11) is -3.71. The zero-order valence-electron chi connectivity index (χ0n) is 14.4. The van der Waals surface area contributed by atoms with Gasteiger partial charge in [0.15, 0.2) is 15.8 Å². The van der Waals surface area contributed by atoms with Crippen molar-refractivity contribution in [3.8, 4) is 0 Å². The van der Waals surface area contributed by atoms with Crippen LogP contribution in [0.1, 0.15) is 32.6 Å². The van der Waals surface area contributed by atoms with Gasteiger partial charge in [0.1, 0.15) is 10.7 Å². The highest BCUT2D eigenvalue weighted by atomic mass is 32.2. The Morgan fingerprint density at radius 2 is 1.96 bits per heavy atom. The van der Waals surface area contributed by atoms with Gasteiger partial charge in [0.2, 0.25) is 0 Å². The predicted octanol–water partition coefficient (Wildman–Crippen LogP) is 1.46. The minimum atomic E-state index is -3.71. The molecule has 25 heavy (non-hydrogen) atoms. The highest BCUT2D eigenvalue weighted by Gasteiger charge is 2.21. The van der Waals surface area contributed by atoms with Crippen LogP contribution in [0.4, 0.5) is 4.39 Å². The molecule has 0 unspecified atom stereocenters. The van der Waals surface area contributed by atoms with Crippen molar-refractivity contribution in [2.24, 2.45) is 4.99 Å². The third-order valence-corrected chi connectivity index (χ3v) is 5.90. The van der Waals surface area contributed by atoms with E-state index >= 15 is 0 Å². The van der Waals surface area contributed by atoms with Crippen LogP contribution >= 0.6 is 0 Å². The van der Waals surface area contributed by atoms with Crippen LogP contribution in [0, 0.1) is 5.82 Å². The number of aliphatic imine (C=N–C) groups is 1. The molecule has 0 atom stereocenters. The molecule has 0 heterocycles. The van der Waals surface area contributed by atoms with E-state index in [9.17, 15) is 17.9 Å². The lowest BCUT2D eigenvalue weighted by Crippen LogP contribution is -2.45. The number of aliphatic hydroxyl groups excluding tert-OH is 1. The summed E-state index contributed by atoms with van der Waals surface area (Å²) in [6, 6.07) is 5.58. The van der Waals surface area contributed by atoms with Crippen molar-refractivity contribution in [1.29, 1.82) is 0 Å². The Morgan fingerprint density at radius 1 is 1.28 bits per heavy atom. The first-order valence-corrected chi connectivity index (χ1v) is 10.3. The molecule has 6 nitrogen and oxygen atoms in total. The standard InChI is InChI=1S/C17H26FN3O3S/c1-2-19-17(21-13-7-9-14(22)10-8-13)20-11-12-25(23,24)16-6-4-3-5-15(16)18/h3-6,13-14,22H,2,7-12H2,1H3,(H2,19,20,21). The van der Waals surface area contributed by atoms with E-state index in [2.05, 4.69) is 15.6 Å². The Hall–Kier alpha value is -1.67. The number of rotatable bonds is 6. The first-order valence-electron chi connectivity index (χ1n) is 8.62. The number of hydrogen-bond donors (Lipinski definition) is 3. The number of halogens is 1. The summed E-state index contributed by atoms with van der Waals surface area (Å²) >= 11 is 0. The fraction of sp³-hybridized carbons (Fsp3) is 0.588. The molecule has 1 aliphatic carbocycles. The second-order valence-corrected chi connectivity index (χ2v) is 8.24. The van der Waals surface area contributed by atoms with E-state index in [-0.39, 0.29) is 29.3 Å². The SMILES string of the molecule is CCNC(=NCCS(=O)(=O)c1ccccc1F)NC1CCC(O)CC1. The maximum atomic E-state index is 13.7. The van der Waals surface area contributed by atoms with Crippen molar-refractivity contribution in [2.75, 3.05) is 18.8 Å². The molecule has 1 saturated carbocycles. The Morgan fingerprint density at radius 3 is 2.60 bits per heavy atom. The minimum Gasteiger partial charge on any atom is -0.393 e. The van der Waals surface area contributed by atoms with Gasteiger partial charge in [-0.1, -0.05) is 12.1 Å². The van der Waals surface area contributed by atoms with Gasteiger partial charge in [-0.05, 0) is 44.7 Å². The van der Waals surface area contributed by atoms with Crippen molar-refractivity contribution in [3.63, 3.8) is 0 Å². The summed E-state index contributed by atoms with van der Waals surface area (Å²) in [5, 5.41) is 15.9. The molecule has 0 aromatic heterocycles. The molecule has 0 amide bonds. The Labute approximate surface area is 148 Å². The maximum Gasteiger partial charge on any atom is 0.191 e. The topological polar surface area (TPSA) is 90.8 Å². The molecular formula is C17H26FN3O3S. The number of nitrogens with one attached hydrogen (secondary N) is 2. The number of benzene rings is 1. The van der Waals surface area contributed by atoms with Crippen LogP contribution in [0.5, 0.6) is 0 Å². The molecule has 0 spiro atoms. The second-order valence-electron chi connectivity index (χ2n) is 6.16. The normalized spacial score (nSPS) is 21.8. The average Bonchev–Trinajstić information content (AvgIpc) is 2.57. The molecule has 0 saturated heterocycles. The molecule has 0 bridgehead atoms. The van der Waals surface area contributed by atoms with E-state index in [1.165, 1.54) is 18.2 Å². The molecule has 0 aliphatic heterocycles. The molecule has 1 aromatic carbocycles. The van der Waals surface area contributed by atoms with Gasteiger partial charge in [-0.25, -0.2) is 12.8 Å². The number of aliphatic hydroxyl groups is 1. The highest BCUT2D eigenvalue weighted by Crippen LogP contribution is 2.18. The molecule has 140 valence electrons. The summed E-state index contributed by atoms with van der Waals surface area (Å²) in [5.74, 6) is -0.446. The van der Waals surface area contributed by atoms with Crippen molar-refractivity contribution in [3.05, 3.63) is 30.1 Å². The predicted molar refractivity (Wildman–Crippen MR) is 95.8 cm³/mol. The van der Waals surface area contributed by atoms with E-state index in [0.717, 1.165) is 31.7 Å². The maximum absolute atomic E-state index is 13.7. The summed E-state index contributed by atoms with van der Waals surface area (Å²) in [5.41, 5.74) is 0. The lowest BCUT2D eigenvalue weighted by atomic mass is 9.93. The second kappa shape index (κ2) is 9.15. The fourth-order valence-corrected chi connectivity index (χ4v) is 4.02. The molecular weight excluding hydrogens is 345 g/mol. The lowest BCUT2D eigenvalue weighted by Gasteiger charge is -2.27. The molecule has 3 N–H and O–H groups in total. The van der Waals surface area contributed by atoms with E-state index < -0.39 is 15.7 Å². The zero-order chi connectivity index (χ0) is 18.3. The average molecular weight is 371 g/mol. The Balaban J connectivity index is 1.95. The summed E-state index contributed by atoms with van der Waals surface area (Å²) in [6.45, 7) is 2.63. The van der Waals surface area contributed by atoms with Crippen molar-refractivity contribution < 1.29 is 17.9 Å². The monoisotopic (exact) mass is 371 g/mol. The molecule has 2 rings (SSSR count). The summed E-state index contributed by atoms with van der Waals surface area (Å²) < 4.78 is 38.2. The fourth-order valence-electron chi connectivity index (χ4n) is 2.82. The summed E-state index contributed by atoms with van der Waals surface area (Å²) in [4.78, 5) is 4.01. The van der Waals surface area contributed by atoms with Crippen LogP contribution in [-0.4, -0.2) is 50.5 Å². The van der Waals surface area contributed by atoms with E-state index in [1.807, 2.05) is 6.92 Å². The smallest absolute Gasteiger partial charge is 0.191 e. The third kappa shape index (κ3) is 5.97. The van der Waals surface area contributed by atoms with E-state index in [0.29, 0.717) is 12.5 Å². The molecule has 8 heteroatoms. The van der Waals surface area contributed by atoms with Gasteiger partial charge in [0, 0.05) is 12.6 Å². The number of guanidine groups is 1. The summed E-state index contributed by atoms with van der Waals surface area (Å²) in [6.07, 6.45) is 2.96. The molecule has 1 aromatic rings. The van der Waals surface area contributed by atoms with Crippen molar-refractivity contribution in [2.45, 2.75) is 49.6 Å². The number of nitrogens with zero attached hydrogens (tertiary/aromatic N) is 1. The van der Waals surface area contributed by atoms with E-state index in [1.54, 1.807) is 0 Å². The van der Waals surface area contributed by atoms with Gasteiger partial charge in [-0.2, -0.15) is 0 Å². The minimum absolute atomic E-state index is 0.0430. The van der Waals surface area contributed by atoms with Gasteiger partial charge < -0.3 is 15.7 Å². The van der Waals surface area contributed by atoms with Crippen LogP contribution in [0.25, 0.3) is 0 Å². The van der Waals surface area contributed by atoms with Gasteiger partial charge >= 0.3 is 0 Å². The van der Waals surface area contributed by atoms with Crippen LogP contribution in [0.15, 0.2) is 34.2 Å². The van der Waals surface area contributed by atoms with Crippen LogP contribution in [0.2, 0.25) is 0 Å². The quantitative estimate of drug-likeness (QED) is 0.520. The molecule has 1 aliphatic rings. The molecule has 1 fully saturated rings.